The van der Waals surface area contributed by atoms with Crippen LogP contribution < -0.4 is 5.32 Å². The number of ether oxygens (including phenoxy) is 1. The summed E-state index contributed by atoms with van der Waals surface area (Å²) < 4.78 is 30.5. The van der Waals surface area contributed by atoms with E-state index < -0.39 is 23.3 Å². The first-order valence-electron chi connectivity index (χ1n) is 4.22. The molecule has 2 aliphatic rings. The molecule has 2 atom stereocenters. The van der Waals surface area contributed by atoms with E-state index in [0.717, 1.165) is 0 Å². The van der Waals surface area contributed by atoms with Crippen LogP contribution in [0.15, 0.2) is 0 Å². The maximum absolute atomic E-state index is 13.0. The summed E-state index contributed by atoms with van der Waals surface area (Å²) in [5.41, 5.74) is -1.14. The van der Waals surface area contributed by atoms with Crippen LogP contribution in [0.3, 0.4) is 0 Å². The molecule has 1 N–H and O–H groups in total. The average Bonchev–Trinajstić information content (AvgIpc) is 2.48. The Bertz CT molecular complexity index is 258. The minimum atomic E-state index is -2.69. The van der Waals surface area contributed by atoms with Crippen molar-refractivity contribution in [2.45, 2.75) is 24.8 Å². The molecule has 3 nitrogen and oxygen atoms in total. The van der Waals surface area contributed by atoms with Crippen molar-refractivity contribution in [2.24, 2.45) is 5.41 Å². The second-order valence-electron chi connectivity index (χ2n) is 3.70. The summed E-state index contributed by atoms with van der Waals surface area (Å²) in [5, 5.41) is 2.76. The molecule has 0 bridgehead atoms. The van der Waals surface area contributed by atoms with E-state index in [4.69, 9.17) is 0 Å². The van der Waals surface area contributed by atoms with Gasteiger partial charge in [-0.2, -0.15) is 0 Å². The molecule has 14 heavy (non-hydrogen) atoms. The summed E-state index contributed by atoms with van der Waals surface area (Å²) in [6.07, 6.45) is 0.173. The first kappa shape index (κ1) is 11.7. The largest absolute Gasteiger partial charge is 0.468 e. The SMILES string of the molecule is COC(=O)C1NCCC12CC2(F)F.Cl. The lowest BCUT2D eigenvalue weighted by Gasteiger charge is -2.15. The quantitative estimate of drug-likeness (QED) is 0.679. The molecule has 2 fully saturated rings. The third-order valence-electron chi connectivity index (χ3n) is 3.05. The van der Waals surface area contributed by atoms with Gasteiger partial charge in [0.05, 0.1) is 12.5 Å². The zero-order chi connectivity index (χ0) is 9.69. The minimum Gasteiger partial charge on any atom is -0.468 e. The van der Waals surface area contributed by atoms with E-state index in [1.54, 1.807) is 0 Å². The van der Waals surface area contributed by atoms with E-state index >= 15 is 0 Å². The van der Waals surface area contributed by atoms with Gasteiger partial charge in [-0.15, -0.1) is 12.4 Å². The molecular formula is C8H12ClF2NO2. The second kappa shape index (κ2) is 3.31. The molecule has 1 aliphatic heterocycles. The number of alkyl halides is 2. The number of rotatable bonds is 1. The minimum absolute atomic E-state index is 0. The van der Waals surface area contributed by atoms with E-state index in [1.165, 1.54) is 7.11 Å². The highest BCUT2D eigenvalue weighted by atomic mass is 35.5. The maximum atomic E-state index is 13.0. The number of nitrogens with one attached hydrogen (secondary N) is 1. The highest BCUT2D eigenvalue weighted by molar-refractivity contribution is 5.85. The molecule has 0 amide bonds. The topological polar surface area (TPSA) is 38.3 Å². The summed E-state index contributed by atoms with van der Waals surface area (Å²) in [7, 11) is 1.22. The number of methoxy groups -OCH3 is 1. The Morgan fingerprint density at radius 3 is 2.57 bits per heavy atom. The van der Waals surface area contributed by atoms with Crippen LogP contribution in [0.4, 0.5) is 8.78 Å². The fourth-order valence-electron chi connectivity index (χ4n) is 2.14. The lowest BCUT2D eigenvalue weighted by molar-refractivity contribution is -0.145. The van der Waals surface area contributed by atoms with Crippen molar-refractivity contribution in [2.75, 3.05) is 13.7 Å². The molecule has 0 aromatic heterocycles. The van der Waals surface area contributed by atoms with Crippen LogP contribution in [0.1, 0.15) is 12.8 Å². The van der Waals surface area contributed by atoms with Gasteiger partial charge >= 0.3 is 5.97 Å². The Kier molecular flexibility index (Phi) is 2.75. The number of esters is 1. The van der Waals surface area contributed by atoms with Gasteiger partial charge in [-0.25, -0.2) is 8.78 Å². The Balaban J connectivity index is 0.000000980. The number of carbonyl (C=O) groups is 1. The first-order valence-corrected chi connectivity index (χ1v) is 4.22. The van der Waals surface area contributed by atoms with Gasteiger partial charge in [-0.1, -0.05) is 0 Å². The fraction of sp³-hybridized carbons (Fsp3) is 0.875. The van der Waals surface area contributed by atoms with Crippen LogP contribution >= 0.6 is 12.4 Å². The zero-order valence-corrected chi connectivity index (χ0v) is 8.50. The van der Waals surface area contributed by atoms with E-state index in [0.29, 0.717) is 13.0 Å². The van der Waals surface area contributed by atoms with E-state index in [2.05, 4.69) is 10.1 Å². The van der Waals surface area contributed by atoms with Gasteiger partial charge in [-0.3, -0.25) is 4.79 Å². The van der Waals surface area contributed by atoms with Gasteiger partial charge in [0.15, 0.2) is 0 Å². The van der Waals surface area contributed by atoms with Crippen LogP contribution in [0.25, 0.3) is 0 Å². The lowest BCUT2D eigenvalue weighted by atomic mass is 9.97. The van der Waals surface area contributed by atoms with Crippen LogP contribution in [0.2, 0.25) is 0 Å². The lowest BCUT2D eigenvalue weighted by Crippen LogP contribution is -2.39. The summed E-state index contributed by atoms with van der Waals surface area (Å²) >= 11 is 0. The Hall–Kier alpha value is -0.420. The molecule has 1 aliphatic carbocycles. The van der Waals surface area contributed by atoms with Gasteiger partial charge in [0.1, 0.15) is 6.04 Å². The fourth-order valence-corrected chi connectivity index (χ4v) is 2.14. The monoisotopic (exact) mass is 227 g/mol. The number of carbonyl (C=O) groups excluding carboxylic acids is 1. The second-order valence-corrected chi connectivity index (χ2v) is 3.70. The van der Waals surface area contributed by atoms with Crippen molar-refractivity contribution in [3.63, 3.8) is 0 Å². The van der Waals surface area contributed by atoms with E-state index in [9.17, 15) is 13.6 Å². The number of halogens is 3. The summed E-state index contributed by atoms with van der Waals surface area (Å²) in [5.74, 6) is -3.26. The van der Waals surface area contributed by atoms with Crippen LogP contribution in [-0.4, -0.2) is 31.6 Å². The first-order chi connectivity index (χ1) is 6.03. The Morgan fingerprint density at radius 2 is 2.14 bits per heavy atom. The molecule has 1 heterocycles. The van der Waals surface area contributed by atoms with Crippen LogP contribution in [0, 0.1) is 5.41 Å². The predicted octanol–water partition coefficient (Wildman–Crippen LogP) is 0.968. The van der Waals surface area contributed by atoms with E-state index in [1.807, 2.05) is 0 Å². The van der Waals surface area contributed by atoms with Gasteiger partial charge in [-0.05, 0) is 13.0 Å². The van der Waals surface area contributed by atoms with Crippen molar-refractivity contribution in [1.29, 1.82) is 0 Å². The van der Waals surface area contributed by atoms with Crippen molar-refractivity contribution in [3.8, 4) is 0 Å². The molecular weight excluding hydrogens is 216 g/mol. The van der Waals surface area contributed by atoms with Gasteiger partial charge < -0.3 is 10.1 Å². The van der Waals surface area contributed by atoms with Gasteiger partial charge in [0, 0.05) is 6.42 Å². The number of hydrogen-bond acceptors (Lipinski definition) is 3. The highest BCUT2D eigenvalue weighted by Gasteiger charge is 2.77. The summed E-state index contributed by atoms with van der Waals surface area (Å²) in [4.78, 5) is 11.1. The van der Waals surface area contributed by atoms with Crippen LogP contribution in [-0.2, 0) is 9.53 Å². The summed E-state index contributed by atoms with van der Waals surface area (Å²) in [6.45, 7) is 0.468. The molecule has 6 heteroatoms. The van der Waals surface area contributed by atoms with Gasteiger partial charge in [0.25, 0.3) is 5.92 Å². The maximum Gasteiger partial charge on any atom is 0.323 e. The van der Waals surface area contributed by atoms with Crippen molar-refractivity contribution in [1.82, 2.24) is 5.32 Å². The van der Waals surface area contributed by atoms with E-state index in [-0.39, 0.29) is 18.8 Å². The standard InChI is InChI=1S/C8H11F2NO2.ClH/c1-13-6(12)5-7(2-3-11-5)4-8(7,9)10;/h5,11H,2-4H2,1H3;1H. The van der Waals surface area contributed by atoms with Crippen molar-refractivity contribution in [3.05, 3.63) is 0 Å². The predicted molar refractivity (Wildman–Crippen MR) is 47.7 cm³/mol. The zero-order valence-electron chi connectivity index (χ0n) is 7.68. The van der Waals surface area contributed by atoms with Crippen molar-refractivity contribution >= 4 is 18.4 Å². The molecule has 0 aromatic carbocycles. The van der Waals surface area contributed by atoms with Crippen LogP contribution in [0.5, 0.6) is 0 Å². The third-order valence-corrected chi connectivity index (χ3v) is 3.05. The van der Waals surface area contributed by atoms with Crippen molar-refractivity contribution < 1.29 is 18.3 Å². The highest BCUT2D eigenvalue weighted by Crippen LogP contribution is 2.66. The molecule has 1 saturated carbocycles. The number of hydrogen-bond donors (Lipinski definition) is 1. The molecule has 1 saturated heterocycles. The molecule has 2 rings (SSSR count). The Morgan fingerprint density at radius 1 is 1.57 bits per heavy atom. The molecule has 1 spiro atoms. The smallest absolute Gasteiger partial charge is 0.323 e. The normalized spacial score (nSPS) is 37.8. The molecule has 0 radical (unpaired) electrons. The molecule has 82 valence electrons. The molecule has 2 unspecified atom stereocenters. The molecule has 0 aromatic rings. The Labute approximate surface area is 86.6 Å². The van der Waals surface area contributed by atoms with Gasteiger partial charge in [0.2, 0.25) is 0 Å². The third kappa shape index (κ3) is 1.30. The summed E-state index contributed by atoms with van der Waals surface area (Å²) in [6, 6.07) is -0.813. The average molecular weight is 228 g/mol.